The van der Waals surface area contributed by atoms with E-state index in [2.05, 4.69) is 10.2 Å². The van der Waals surface area contributed by atoms with E-state index in [1.165, 1.54) is 23.0 Å². The maximum atomic E-state index is 13.6. The third-order valence-electron chi connectivity index (χ3n) is 3.52. The minimum atomic E-state index is -0.819. The molecule has 132 valence electrons. The monoisotopic (exact) mass is 373 g/mol. The van der Waals surface area contributed by atoms with Crippen LogP contribution in [0.2, 0.25) is 5.02 Å². The summed E-state index contributed by atoms with van der Waals surface area (Å²) >= 11 is 5.93. The van der Waals surface area contributed by atoms with Gasteiger partial charge in [-0.2, -0.15) is 9.90 Å². The Balaban J connectivity index is 1.73. The summed E-state index contributed by atoms with van der Waals surface area (Å²) in [7, 11) is 0. The molecular formula is C18H13ClFN3O3. The van der Waals surface area contributed by atoms with Crippen LogP contribution in [0.15, 0.2) is 48.5 Å². The van der Waals surface area contributed by atoms with Crippen molar-refractivity contribution in [1.82, 2.24) is 15.0 Å². The van der Waals surface area contributed by atoms with E-state index in [-0.39, 0.29) is 11.3 Å². The Labute approximate surface area is 153 Å². The number of Topliss-reactive ketones (excluding diaryl/α,β-unsaturated/α-hetero) is 1. The van der Waals surface area contributed by atoms with Crippen molar-refractivity contribution in [3.8, 4) is 5.69 Å². The standard InChI is InChI=1S/C18H13ClFN3O3/c1-11-17(22-23(21-11)13-6-4-5-12(19)9-13)18(25)26-10-16(24)14-7-2-3-8-15(14)20/h2-9H,10H2,1H3. The first-order valence-electron chi connectivity index (χ1n) is 7.60. The molecule has 8 heteroatoms. The third kappa shape index (κ3) is 3.78. The van der Waals surface area contributed by atoms with Gasteiger partial charge in [0.1, 0.15) is 5.82 Å². The fourth-order valence-electron chi connectivity index (χ4n) is 2.25. The van der Waals surface area contributed by atoms with Crippen molar-refractivity contribution in [1.29, 1.82) is 0 Å². The quantitative estimate of drug-likeness (QED) is 0.506. The first kappa shape index (κ1) is 17.8. The Hall–Kier alpha value is -3.06. The molecule has 6 nitrogen and oxygen atoms in total. The fourth-order valence-corrected chi connectivity index (χ4v) is 2.43. The smallest absolute Gasteiger partial charge is 0.361 e. The number of hydrogen-bond acceptors (Lipinski definition) is 5. The van der Waals surface area contributed by atoms with Crippen molar-refractivity contribution in [3.05, 3.63) is 76.3 Å². The van der Waals surface area contributed by atoms with Gasteiger partial charge < -0.3 is 4.74 Å². The number of esters is 1. The van der Waals surface area contributed by atoms with Crippen molar-refractivity contribution >= 4 is 23.4 Å². The van der Waals surface area contributed by atoms with E-state index in [9.17, 15) is 14.0 Å². The summed E-state index contributed by atoms with van der Waals surface area (Å²) in [6.45, 7) is 0.993. The van der Waals surface area contributed by atoms with Gasteiger partial charge in [0, 0.05) is 5.02 Å². The maximum Gasteiger partial charge on any atom is 0.361 e. The number of aromatic nitrogens is 3. The predicted molar refractivity (Wildman–Crippen MR) is 92.1 cm³/mol. The molecule has 3 aromatic rings. The first-order valence-corrected chi connectivity index (χ1v) is 7.98. The lowest BCUT2D eigenvalue weighted by Gasteiger charge is -2.04. The number of benzene rings is 2. The predicted octanol–water partition coefficient (Wildman–Crippen LogP) is 3.41. The van der Waals surface area contributed by atoms with Gasteiger partial charge in [0.25, 0.3) is 0 Å². The van der Waals surface area contributed by atoms with Crippen molar-refractivity contribution in [2.24, 2.45) is 0 Å². The van der Waals surface area contributed by atoms with Gasteiger partial charge >= 0.3 is 5.97 Å². The summed E-state index contributed by atoms with van der Waals surface area (Å²) in [6, 6.07) is 12.3. The topological polar surface area (TPSA) is 74.1 Å². The van der Waals surface area contributed by atoms with Crippen LogP contribution in [-0.2, 0) is 4.74 Å². The van der Waals surface area contributed by atoms with Crippen LogP contribution in [0.1, 0.15) is 26.5 Å². The van der Waals surface area contributed by atoms with Crippen LogP contribution in [-0.4, -0.2) is 33.4 Å². The number of hydrogen-bond donors (Lipinski definition) is 0. The minimum absolute atomic E-state index is 0.0358. The Bertz CT molecular complexity index is 987. The Morgan fingerprint density at radius 1 is 1.15 bits per heavy atom. The van der Waals surface area contributed by atoms with Gasteiger partial charge in [-0.25, -0.2) is 9.18 Å². The molecule has 0 aliphatic heterocycles. The van der Waals surface area contributed by atoms with E-state index in [0.29, 0.717) is 16.4 Å². The molecule has 2 aromatic carbocycles. The molecule has 0 N–H and O–H groups in total. The molecule has 0 spiro atoms. The molecule has 0 bridgehead atoms. The Kier molecular flexibility index (Phi) is 5.09. The zero-order valence-electron chi connectivity index (χ0n) is 13.6. The van der Waals surface area contributed by atoms with Gasteiger partial charge in [0.05, 0.1) is 16.9 Å². The molecule has 0 unspecified atom stereocenters. The van der Waals surface area contributed by atoms with E-state index in [1.54, 1.807) is 31.2 Å². The molecule has 0 aliphatic carbocycles. The zero-order chi connectivity index (χ0) is 18.7. The molecule has 0 fully saturated rings. The van der Waals surface area contributed by atoms with E-state index in [4.69, 9.17) is 16.3 Å². The van der Waals surface area contributed by atoms with Crippen molar-refractivity contribution in [2.75, 3.05) is 6.61 Å². The summed E-state index contributed by atoms with van der Waals surface area (Å²) < 4.78 is 18.5. The summed E-state index contributed by atoms with van der Waals surface area (Å²) in [5.74, 6) is -2.13. The lowest BCUT2D eigenvalue weighted by Crippen LogP contribution is -2.16. The highest BCUT2D eigenvalue weighted by Crippen LogP contribution is 2.15. The minimum Gasteiger partial charge on any atom is -0.452 e. The highest BCUT2D eigenvalue weighted by Gasteiger charge is 2.20. The number of carbonyl (C=O) groups excluding carboxylic acids is 2. The van der Waals surface area contributed by atoms with E-state index < -0.39 is 24.2 Å². The second-order valence-electron chi connectivity index (χ2n) is 5.38. The van der Waals surface area contributed by atoms with Crippen LogP contribution in [0.5, 0.6) is 0 Å². The largest absolute Gasteiger partial charge is 0.452 e. The highest BCUT2D eigenvalue weighted by molar-refractivity contribution is 6.30. The van der Waals surface area contributed by atoms with Crippen LogP contribution >= 0.6 is 11.6 Å². The summed E-state index contributed by atoms with van der Waals surface area (Å²) in [5, 5.41) is 8.72. The summed E-state index contributed by atoms with van der Waals surface area (Å²) in [5.41, 5.74) is 0.723. The number of rotatable bonds is 5. The summed E-state index contributed by atoms with van der Waals surface area (Å²) in [4.78, 5) is 25.4. The maximum absolute atomic E-state index is 13.6. The van der Waals surface area contributed by atoms with E-state index >= 15 is 0 Å². The Morgan fingerprint density at radius 3 is 2.65 bits per heavy atom. The number of ketones is 1. The molecule has 1 heterocycles. The average molecular weight is 374 g/mol. The van der Waals surface area contributed by atoms with Crippen LogP contribution in [0.3, 0.4) is 0 Å². The van der Waals surface area contributed by atoms with Gasteiger partial charge in [-0.05, 0) is 37.3 Å². The van der Waals surface area contributed by atoms with Gasteiger partial charge in [0.15, 0.2) is 12.3 Å². The lowest BCUT2D eigenvalue weighted by molar-refractivity contribution is 0.0466. The fraction of sp³-hybridized carbons (Fsp3) is 0.111. The molecule has 0 radical (unpaired) electrons. The van der Waals surface area contributed by atoms with Gasteiger partial charge in [0.2, 0.25) is 5.78 Å². The van der Waals surface area contributed by atoms with Crippen LogP contribution in [0, 0.1) is 12.7 Å². The second-order valence-corrected chi connectivity index (χ2v) is 5.82. The molecular weight excluding hydrogens is 361 g/mol. The van der Waals surface area contributed by atoms with Crippen LogP contribution in [0.4, 0.5) is 4.39 Å². The SMILES string of the molecule is Cc1nn(-c2cccc(Cl)c2)nc1C(=O)OCC(=O)c1ccccc1F. The molecule has 0 saturated heterocycles. The van der Waals surface area contributed by atoms with Gasteiger partial charge in [-0.15, -0.1) is 5.10 Å². The van der Waals surface area contributed by atoms with Crippen molar-refractivity contribution in [3.63, 3.8) is 0 Å². The number of carbonyl (C=O) groups is 2. The number of aryl methyl sites for hydroxylation is 1. The molecule has 0 aliphatic rings. The van der Waals surface area contributed by atoms with Crippen LogP contribution < -0.4 is 0 Å². The van der Waals surface area contributed by atoms with Gasteiger partial charge in [-0.3, -0.25) is 4.79 Å². The first-order chi connectivity index (χ1) is 12.5. The lowest BCUT2D eigenvalue weighted by atomic mass is 10.1. The van der Waals surface area contributed by atoms with Crippen LogP contribution in [0.25, 0.3) is 5.69 Å². The molecule has 3 rings (SSSR count). The van der Waals surface area contributed by atoms with Gasteiger partial charge in [-0.1, -0.05) is 29.8 Å². The second kappa shape index (κ2) is 7.45. The van der Waals surface area contributed by atoms with E-state index in [0.717, 1.165) is 6.07 Å². The normalized spacial score (nSPS) is 10.6. The molecule has 26 heavy (non-hydrogen) atoms. The Morgan fingerprint density at radius 2 is 1.92 bits per heavy atom. The molecule has 0 atom stereocenters. The highest BCUT2D eigenvalue weighted by atomic mass is 35.5. The average Bonchev–Trinajstić information content (AvgIpc) is 3.02. The third-order valence-corrected chi connectivity index (χ3v) is 3.76. The summed E-state index contributed by atoms with van der Waals surface area (Å²) in [6.07, 6.45) is 0. The van der Waals surface area contributed by atoms with Crippen molar-refractivity contribution in [2.45, 2.75) is 6.92 Å². The van der Waals surface area contributed by atoms with E-state index in [1.807, 2.05) is 0 Å². The zero-order valence-corrected chi connectivity index (χ0v) is 14.4. The number of halogens is 2. The number of nitrogens with zero attached hydrogens (tertiary/aromatic N) is 3. The number of ether oxygens (including phenoxy) is 1. The molecule has 1 aromatic heterocycles. The molecule has 0 saturated carbocycles. The van der Waals surface area contributed by atoms with Crippen molar-refractivity contribution < 1.29 is 18.7 Å². The molecule has 0 amide bonds.